The summed E-state index contributed by atoms with van der Waals surface area (Å²) < 4.78 is 26.1. The topological polar surface area (TPSA) is 46.6 Å². The van der Waals surface area contributed by atoms with Crippen LogP contribution in [0.15, 0.2) is 0 Å². The Bertz CT molecular complexity index is 292. The second kappa shape index (κ2) is 7.69. The Labute approximate surface area is 92.7 Å². The Morgan fingerprint density at radius 3 is 2.53 bits per heavy atom. The number of nitrogens with zero attached hydrogens (tertiary/aromatic N) is 1. The van der Waals surface area contributed by atoms with Gasteiger partial charge in [0, 0.05) is 6.54 Å². The zero-order chi connectivity index (χ0) is 11.7. The molecule has 0 saturated carbocycles. The zero-order valence-corrected chi connectivity index (χ0v) is 10.2. The van der Waals surface area contributed by atoms with Gasteiger partial charge in [0.25, 0.3) is 0 Å². The van der Waals surface area contributed by atoms with Crippen LogP contribution in [0, 0.1) is 11.7 Å². The molecule has 0 aliphatic carbocycles. The lowest BCUT2D eigenvalue weighted by molar-refractivity contribution is 0.241. The van der Waals surface area contributed by atoms with Crippen molar-refractivity contribution in [1.82, 2.24) is 4.90 Å². The molecular weight excluding hydrogens is 214 g/mol. The van der Waals surface area contributed by atoms with E-state index in [1.165, 1.54) is 12.8 Å². The van der Waals surface area contributed by atoms with E-state index >= 15 is 0 Å². The normalized spacial score (nSPS) is 11.6. The van der Waals surface area contributed by atoms with Crippen LogP contribution in [0.25, 0.3) is 0 Å². The van der Waals surface area contributed by atoms with Crippen LogP contribution in [0.3, 0.4) is 0 Å². The SMILES string of the molecule is C#CS(=O)(=O)OCCN(C)CCCCC. The summed E-state index contributed by atoms with van der Waals surface area (Å²) in [6.45, 7) is 3.79. The van der Waals surface area contributed by atoms with E-state index in [0.717, 1.165) is 13.0 Å². The third-order valence-corrected chi connectivity index (χ3v) is 2.76. The molecule has 0 amide bonds. The van der Waals surface area contributed by atoms with E-state index in [1.807, 2.05) is 11.9 Å². The first kappa shape index (κ1) is 14.4. The number of rotatable bonds is 8. The lowest BCUT2D eigenvalue weighted by Crippen LogP contribution is -2.25. The van der Waals surface area contributed by atoms with Crippen LogP contribution in [0.1, 0.15) is 26.2 Å². The minimum absolute atomic E-state index is 0.120. The number of terminal acetylenes is 1. The Morgan fingerprint density at radius 1 is 1.33 bits per heavy atom. The van der Waals surface area contributed by atoms with Crippen LogP contribution in [0.5, 0.6) is 0 Å². The lowest BCUT2D eigenvalue weighted by atomic mass is 10.2. The molecule has 0 aromatic heterocycles. The van der Waals surface area contributed by atoms with Crippen molar-refractivity contribution >= 4 is 10.1 Å². The highest BCUT2D eigenvalue weighted by molar-refractivity contribution is 7.91. The molecule has 0 heterocycles. The molecule has 0 aromatic carbocycles. The van der Waals surface area contributed by atoms with Crippen LogP contribution >= 0.6 is 0 Å². The monoisotopic (exact) mass is 233 g/mol. The molecule has 0 N–H and O–H groups in total. The van der Waals surface area contributed by atoms with E-state index in [-0.39, 0.29) is 6.61 Å². The van der Waals surface area contributed by atoms with Gasteiger partial charge < -0.3 is 4.90 Å². The summed E-state index contributed by atoms with van der Waals surface area (Å²) in [5.41, 5.74) is 0. The smallest absolute Gasteiger partial charge is 0.304 e. The van der Waals surface area contributed by atoms with Gasteiger partial charge in [-0.15, -0.1) is 6.42 Å². The summed E-state index contributed by atoms with van der Waals surface area (Å²) in [5, 5.41) is 1.60. The molecule has 0 bridgehead atoms. The predicted octanol–water partition coefficient (Wildman–Crippen LogP) is 1.05. The standard InChI is InChI=1S/C10H19NO3S/c1-4-6-7-8-11(3)9-10-14-15(12,13)5-2/h2H,4,6-10H2,1,3H3. The highest BCUT2D eigenvalue weighted by Gasteiger charge is 2.06. The highest BCUT2D eigenvalue weighted by atomic mass is 32.2. The number of unbranched alkanes of at least 4 members (excludes halogenated alkanes) is 2. The Morgan fingerprint density at radius 2 is 2.00 bits per heavy atom. The third-order valence-electron chi connectivity index (χ3n) is 2.00. The van der Waals surface area contributed by atoms with Gasteiger partial charge in [0.15, 0.2) is 0 Å². The van der Waals surface area contributed by atoms with Crippen molar-refractivity contribution in [3.05, 3.63) is 0 Å². The first-order chi connectivity index (χ1) is 7.02. The van der Waals surface area contributed by atoms with E-state index in [4.69, 9.17) is 6.42 Å². The lowest BCUT2D eigenvalue weighted by Gasteiger charge is -2.15. The molecule has 0 spiro atoms. The van der Waals surface area contributed by atoms with Gasteiger partial charge in [-0.2, -0.15) is 8.42 Å². The maximum absolute atomic E-state index is 10.8. The van der Waals surface area contributed by atoms with Gasteiger partial charge in [0.2, 0.25) is 0 Å². The zero-order valence-electron chi connectivity index (χ0n) is 9.40. The van der Waals surface area contributed by atoms with Gasteiger partial charge in [-0.1, -0.05) is 19.8 Å². The first-order valence-electron chi connectivity index (χ1n) is 5.07. The first-order valence-corrected chi connectivity index (χ1v) is 6.48. The largest absolute Gasteiger partial charge is 0.337 e. The van der Waals surface area contributed by atoms with Crippen molar-refractivity contribution in [2.45, 2.75) is 26.2 Å². The van der Waals surface area contributed by atoms with Crippen LogP contribution in [0.2, 0.25) is 0 Å². The molecule has 0 fully saturated rings. The van der Waals surface area contributed by atoms with Crippen LogP contribution in [0.4, 0.5) is 0 Å². The van der Waals surface area contributed by atoms with E-state index in [1.54, 1.807) is 5.25 Å². The molecule has 88 valence electrons. The average Bonchev–Trinajstić information content (AvgIpc) is 2.18. The van der Waals surface area contributed by atoms with Gasteiger partial charge in [-0.3, -0.25) is 4.18 Å². The van der Waals surface area contributed by atoms with E-state index < -0.39 is 10.1 Å². The number of likely N-dealkylation sites (N-methyl/N-ethyl adjacent to an activating group) is 1. The van der Waals surface area contributed by atoms with Gasteiger partial charge in [-0.05, 0) is 20.0 Å². The summed E-state index contributed by atoms with van der Waals surface area (Å²) in [4.78, 5) is 2.03. The molecule has 5 heteroatoms. The quantitative estimate of drug-likeness (QED) is 0.357. The Balaban J connectivity index is 3.56. The number of hydrogen-bond donors (Lipinski definition) is 0. The second-order valence-electron chi connectivity index (χ2n) is 3.40. The summed E-state index contributed by atoms with van der Waals surface area (Å²) in [6, 6.07) is 0. The Kier molecular flexibility index (Phi) is 7.39. The molecule has 0 aliphatic rings. The van der Waals surface area contributed by atoms with E-state index in [0.29, 0.717) is 6.54 Å². The fourth-order valence-corrected chi connectivity index (χ4v) is 1.44. The number of hydrogen-bond acceptors (Lipinski definition) is 4. The minimum Gasteiger partial charge on any atom is -0.304 e. The third kappa shape index (κ3) is 8.43. The summed E-state index contributed by atoms with van der Waals surface area (Å²) >= 11 is 0. The molecule has 0 atom stereocenters. The fourth-order valence-electron chi connectivity index (χ4n) is 1.08. The molecule has 0 aliphatic heterocycles. The van der Waals surface area contributed by atoms with E-state index in [9.17, 15) is 8.42 Å². The Hall–Kier alpha value is -0.570. The summed E-state index contributed by atoms with van der Waals surface area (Å²) in [6.07, 6.45) is 8.23. The molecule has 0 saturated heterocycles. The minimum atomic E-state index is -3.74. The van der Waals surface area contributed by atoms with Gasteiger partial charge >= 0.3 is 10.1 Å². The van der Waals surface area contributed by atoms with Crippen molar-refractivity contribution in [2.75, 3.05) is 26.7 Å². The molecule has 0 aromatic rings. The van der Waals surface area contributed by atoms with Gasteiger partial charge in [-0.25, -0.2) is 0 Å². The van der Waals surface area contributed by atoms with Crippen LogP contribution in [-0.2, 0) is 14.3 Å². The fraction of sp³-hybridized carbons (Fsp3) is 0.800. The van der Waals surface area contributed by atoms with Crippen LogP contribution in [-0.4, -0.2) is 40.1 Å². The molecule has 4 nitrogen and oxygen atoms in total. The van der Waals surface area contributed by atoms with Crippen molar-refractivity contribution in [3.8, 4) is 11.7 Å². The molecule has 15 heavy (non-hydrogen) atoms. The van der Waals surface area contributed by atoms with Crippen molar-refractivity contribution < 1.29 is 12.6 Å². The average molecular weight is 233 g/mol. The van der Waals surface area contributed by atoms with Gasteiger partial charge in [0.05, 0.1) is 11.9 Å². The van der Waals surface area contributed by atoms with Crippen molar-refractivity contribution in [1.29, 1.82) is 0 Å². The molecule has 0 radical (unpaired) electrons. The van der Waals surface area contributed by atoms with Gasteiger partial charge in [0.1, 0.15) is 0 Å². The predicted molar refractivity (Wildman–Crippen MR) is 60.7 cm³/mol. The highest BCUT2D eigenvalue weighted by Crippen LogP contribution is 1.97. The maximum atomic E-state index is 10.8. The van der Waals surface area contributed by atoms with Crippen LogP contribution < -0.4 is 0 Å². The van der Waals surface area contributed by atoms with Crippen molar-refractivity contribution in [2.24, 2.45) is 0 Å². The molecule has 0 unspecified atom stereocenters. The summed E-state index contributed by atoms with van der Waals surface area (Å²) in [7, 11) is -1.81. The second-order valence-corrected chi connectivity index (χ2v) is 4.78. The van der Waals surface area contributed by atoms with Crippen molar-refractivity contribution in [3.63, 3.8) is 0 Å². The molecular formula is C10H19NO3S. The maximum Gasteiger partial charge on any atom is 0.337 e. The summed E-state index contributed by atoms with van der Waals surface area (Å²) in [5.74, 6) is 0. The molecule has 0 rings (SSSR count). The van der Waals surface area contributed by atoms with E-state index in [2.05, 4.69) is 11.1 Å².